The van der Waals surface area contributed by atoms with Crippen molar-refractivity contribution >= 4 is 57.6 Å². The molecular formula is C23H12Cl2N4O5. The van der Waals surface area contributed by atoms with Crippen LogP contribution >= 0.6 is 23.2 Å². The van der Waals surface area contributed by atoms with Crippen molar-refractivity contribution in [1.29, 1.82) is 0 Å². The fourth-order valence-corrected chi connectivity index (χ4v) is 4.15. The zero-order chi connectivity index (χ0) is 24.1. The molecule has 0 N–H and O–H groups in total. The molecule has 0 aliphatic carbocycles. The SMILES string of the molecule is O=C1c2ccccc2C(=O)N1Cc1nc2cc(Cl)c(Cl)cc2n1C(=O)c1ccc([N+](=O)[O-])cc1. The molecule has 2 amide bonds. The first-order valence-corrected chi connectivity index (χ1v) is 10.6. The number of hydrogen-bond donors (Lipinski definition) is 0. The van der Waals surface area contributed by atoms with Crippen LogP contribution in [-0.2, 0) is 6.54 Å². The van der Waals surface area contributed by atoms with E-state index in [1.807, 2.05) is 0 Å². The third kappa shape index (κ3) is 3.42. The summed E-state index contributed by atoms with van der Waals surface area (Å²) in [7, 11) is 0. The van der Waals surface area contributed by atoms with Crippen LogP contribution in [0.25, 0.3) is 11.0 Å². The summed E-state index contributed by atoms with van der Waals surface area (Å²) >= 11 is 12.3. The summed E-state index contributed by atoms with van der Waals surface area (Å²) in [6, 6.07) is 14.4. The highest BCUT2D eigenvalue weighted by atomic mass is 35.5. The average Bonchev–Trinajstić information content (AvgIpc) is 3.29. The van der Waals surface area contributed by atoms with Gasteiger partial charge >= 0.3 is 0 Å². The minimum Gasteiger partial charge on any atom is -0.269 e. The molecule has 0 fully saturated rings. The van der Waals surface area contributed by atoms with Crippen molar-refractivity contribution in [2.24, 2.45) is 0 Å². The number of halogens is 2. The number of nitro benzene ring substituents is 1. The fourth-order valence-electron chi connectivity index (χ4n) is 3.83. The molecule has 0 atom stereocenters. The van der Waals surface area contributed by atoms with E-state index in [0.29, 0.717) is 11.0 Å². The monoisotopic (exact) mass is 494 g/mol. The summed E-state index contributed by atoms with van der Waals surface area (Å²) in [5, 5.41) is 11.4. The lowest BCUT2D eigenvalue weighted by atomic mass is 10.1. The molecule has 3 aromatic carbocycles. The fraction of sp³-hybridized carbons (Fsp3) is 0.0435. The molecule has 1 aliphatic rings. The van der Waals surface area contributed by atoms with Gasteiger partial charge in [-0.3, -0.25) is 34.0 Å². The van der Waals surface area contributed by atoms with Gasteiger partial charge in [-0.1, -0.05) is 35.3 Å². The van der Waals surface area contributed by atoms with Gasteiger partial charge in [0.1, 0.15) is 5.82 Å². The first-order chi connectivity index (χ1) is 16.3. The van der Waals surface area contributed by atoms with Crippen LogP contribution in [0.15, 0.2) is 60.7 Å². The Morgan fingerprint density at radius 2 is 1.53 bits per heavy atom. The molecule has 0 bridgehead atoms. The Bertz CT molecular complexity index is 1510. The number of carbonyl (C=O) groups is 3. The number of benzene rings is 3. The molecule has 0 unspecified atom stereocenters. The molecule has 1 aromatic heterocycles. The average molecular weight is 495 g/mol. The lowest BCUT2D eigenvalue weighted by Gasteiger charge is -2.15. The quantitative estimate of drug-likeness (QED) is 0.230. The second-order valence-corrected chi connectivity index (χ2v) is 8.28. The lowest BCUT2D eigenvalue weighted by molar-refractivity contribution is -0.384. The summed E-state index contributed by atoms with van der Waals surface area (Å²) in [4.78, 5) is 55.0. The maximum atomic E-state index is 13.5. The standard InChI is InChI=1S/C23H12Cl2N4O5/c24-16-9-18-19(10-17(16)25)28(21(30)12-5-7-13(8-6-12)29(33)34)20(26-18)11-27-22(31)14-3-1-2-4-15(14)23(27)32/h1-10H,11H2. The minimum atomic E-state index is -0.573. The third-order valence-corrected chi connectivity index (χ3v) is 6.19. The Labute approximate surface area is 201 Å². The van der Waals surface area contributed by atoms with Gasteiger partial charge in [-0.2, -0.15) is 0 Å². The van der Waals surface area contributed by atoms with Crippen LogP contribution in [0.5, 0.6) is 0 Å². The highest BCUT2D eigenvalue weighted by molar-refractivity contribution is 6.42. The maximum absolute atomic E-state index is 13.5. The van der Waals surface area contributed by atoms with Crippen LogP contribution in [0.4, 0.5) is 5.69 Å². The number of imidazole rings is 1. The number of nitro groups is 1. The molecule has 168 valence electrons. The van der Waals surface area contributed by atoms with Crippen LogP contribution in [0.3, 0.4) is 0 Å². The summed E-state index contributed by atoms with van der Waals surface area (Å²) < 4.78 is 1.22. The number of aromatic nitrogens is 2. The molecule has 0 saturated carbocycles. The second kappa shape index (κ2) is 8.05. The lowest BCUT2D eigenvalue weighted by Crippen LogP contribution is -2.31. The molecule has 0 radical (unpaired) electrons. The van der Waals surface area contributed by atoms with E-state index in [1.165, 1.54) is 41.0 Å². The Kier molecular flexibility index (Phi) is 5.15. The van der Waals surface area contributed by atoms with Gasteiger partial charge in [0.05, 0.1) is 43.7 Å². The highest BCUT2D eigenvalue weighted by Crippen LogP contribution is 2.31. The van der Waals surface area contributed by atoms with Gasteiger partial charge < -0.3 is 0 Å². The summed E-state index contributed by atoms with van der Waals surface area (Å²) in [6.45, 7) is -0.283. The number of hydrogen-bond acceptors (Lipinski definition) is 6. The van der Waals surface area contributed by atoms with E-state index in [9.17, 15) is 24.5 Å². The predicted molar refractivity (Wildman–Crippen MR) is 123 cm³/mol. The van der Waals surface area contributed by atoms with Crippen molar-refractivity contribution in [2.75, 3.05) is 0 Å². The highest BCUT2D eigenvalue weighted by Gasteiger charge is 2.36. The smallest absolute Gasteiger partial charge is 0.269 e. The van der Waals surface area contributed by atoms with Gasteiger partial charge in [-0.25, -0.2) is 4.98 Å². The zero-order valence-corrected chi connectivity index (χ0v) is 18.6. The van der Waals surface area contributed by atoms with Crippen LogP contribution in [0.2, 0.25) is 10.0 Å². The zero-order valence-electron chi connectivity index (χ0n) is 17.1. The van der Waals surface area contributed by atoms with Crippen LogP contribution in [0.1, 0.15) is 36.9 Å². The van der Waals surface area contributed by atoms with Gasteiger partial charge in [0.15, 0.2) is 0 Å². The Morgan fingerprint density at radius 3 is 2.12 bits per heavy atom. The molecule has 34 heavy (non-hydrogen) atoms. The second-order valence-electron chi connectivity index (χ2n) is 7.47. The van der Waals surface area contributed by atoms with Crippen LogP contribution in [-0.4, -0.2) is 37.1 Å². The van der Waals surface area contributed by atoms with E-state index >= 15 is 0 Å². The van der Waals surface area contributed by atoms with E-state index in [2.05, 4.69) is 4.98 Å². The summed E-state index contributed by atoms with van der Waals surface area (Å²) in [5.41, 5.74) is 1.14. The number of imide groups is 1. The molecule has 2 heterocycles. The maximum Gasteiger partial charge on any atom is 0.269 e. The number of fused-ring (bicyclic) bond motifs is 2. The predicted octanol–water partition coefficient (Wildman–Crippen LogP) is 4.74. The van der Waals surface area contributed by atoms with Crippen molar-refractivity contribution in [3.63, 3.8) is 0 Å². The van der Waals surface area contributed by atoms with E-state index in [4.69, 9.17) is 23.2 Å². The molecule has 5 rings (SSSR count). The molecule has 0 saturated heterocycles. The van der Waals surface area contributed by atoms with E-state index in [-0.39, 0.29) is 44.8 Å². The number of amides is 2. The largest absolute Gasteiger partial charge is 0.269 e. The number of rotatable bonds is 4. The number of carbonyl (C=O) groups excluding carboxylic acids is 3. The van der Waals surface area contributed by atoms with Crippen molar-refractivity contribution in [1.82, 2.24) is 14.5 Å². The van der Waals surface area contributed by atoms with Crippen molar-refractivity contribution in [3.05, 3.63) is 103 Å². The molecule has 4 aromatic rings. The molecule has 1 aliphatic heterocycles. The third-order valence-electron chi connectivity index (χ3n) is 5.47. The van der Waals surface area contributed by atoms with E-state index < -0.39 is 22.6 Å². The summed E-state index contributed by atoms with van der Waals surface area (Å²) in [6.07, 6.45) is 0. The van der Waals surface area contributed by atoms with E-state index in [1.54, 1.807) is 24.3 Å². The normalized spacial score (nSPS) is 12.9. The first-order valence-electron chi connectivity index (χ1n) is 9.87. The van der Waals surface area contributed by atoms with Gasteiger partial charge in [-0.15, -0.1) is 0 Å². The van der Waals surface area contributed by atoms with Crippen LogP contribution in [0, 0.1) is 10.1 Å². The van der Waals surface area contributed by atoms with Gasteiger partial charge in [0.25, 0.3) is 23.4 Å². The Hall–Kier alpha value is -4.08. The molecular weight excluding hydrogens is 483 g/mol. The van der Waals surface area contributed by atoms with Gasteiger partial charge in [0, 0.05) is 17.7 Å². The van der Waals surface area contributed by atoms with Crippen LogP contribution < -0.4 is 0 Å². The molecule has 0 spiro atoms. The number of nitrogens with zero attached hydrogens (tertiary/aromatic N) is 4. The van der Waals surface area contributed by atoms with Crippen molar-refractivity contribution in [2.45, 2.75) is 6.54 Å². The van der Waals surface area contributed by atoms with Crippen molar-refractivity contribution in [3.8, 4) is 0 Å². The topological polar surface area (TPSA) is 115 Å². The summed E-state index contributed by atoms with van der Waals surface area (Å²) in [5.74, 6) is -1.47. The Balaban J connectivity index is 1.62. The van der Waals surface area contributed by atoms with Gasteiger partial charge in [-0.05, 0) is 36.4 Å². The first kappa shape index (κ1) is 21.7. The molecule has 11 heteroatoms. The number of non-ortho nitro benzene ring substituents is 1. The van der Waals surface area contributed by atoms with E-state index in [0.717, 1.165) is 4.90 Å². The van der Waals surface area contributed by atoms with Crippen molar-refractivity contribution < 1.29 is 19.3 Å². The van der Waals surface area contributed by atoms with Gasteiger partial charge in [0.2, 0.25) is 0 Å². The molecule has 9 nitrogen and oxygen atoms in total. The minimum absolute atomic E-state index is 0.103. The Morgan fingerprint density at radius 1 is 0.941 bits per heavy atom.